The highest BCUT2D eigenvalue weighted by Gasteiger charge is 2.72. The third kappa shape index (κ3) is 4.55. The second-order valence-electron chi connectivity index (χ2n) is 11.3. The largest absolute Gasteiger partial charge is 0.399 e. The van der Waals surface area contributed by atoms with Crippen molar-refractivity contribution < 1.29 is 31.7 Å². The maximum absolute atomic E-state index is 6.69. The van der Waals surface area contributed by atoms with Crippen LogP contribution in [0.1, 0.15) is 51.7 Å². The Kier molecular flexibility index (Phi) is 6.04. The minimum absolute atomic E-state index is 0.332. The number of para-hydroxylation sites is 2. The van der Waals surface area contributed by atoms with Gasteiger partial charge in [0.2, 0.25) is 0 Å². The van der Waals surface area contributed by atoms with E-state index in [-0.39, 0.29) is 0 Å². The smallest absolute Gasteiger partial charge is 0.387 e. The van der Waals surface area contributed by atoms with E-state index in [1.807, 2.05) is 74.5 Å². The molecule has 4 bridgehead atoms. The van der Waals surface area contributed by atoms with Crippen molar-refractivity contribution in [3.05, 3.63) is 83.9 Å². The van der Waals surface area contributed by atoms with Gasteiger partial charge in [0.1, 0.15) is 21.9 Å². The predicted octanol–water partition coefficient (Wildman–Crippen LogP) is 8.57. The van der Waals surface area contributed by atoms with Gasteiger partial charge in [-0.25, -0.2) is 0 Å². The van der Waals surface area contributed by atoms with Gasteiger partial charge in [-0.1, -0.05) is 60.7 Å². The van der Waals surface area contributed by atoms with Gasteiger partial charge in [-0.15, -0.1) is 0 Å². The van der Waals surface area contributed by atoms with E-state index in [1.165, 1.54) is 0 Å². The van der Waals surface area contributed by atoms with Crippen LogP contribution >= 0.6 is 16.4 Å². The predicted molar refractivity (Wildman–Crippen MR) is 151 cm³/mol. The summed E-state index contributed by atoms with van der Waals surface area (Å²) in [4.78, 5) is 0. The highest BCUT2D eigenvalue weighted by atomic mass is 31.1. The molecule has 0 radical (unpaired) electrons. The summed E-state index contributed by atoms with van der Waals surface area (Å²) < 4.78 is 44.6. The Morgan fingerprint density at radius 2 is 1.08 bits per heavy atom. The molecule has 5 heterocycles. The van der Waals surface area contributed by atoms with Crippen LogP contribution in [-0.4, -0.2) is 22.3 Å². The molecule has 0 N–H and O–H groups in total. The van der Waals surface area contributed by atoms with Gasteiger partial charge < -0.3 is 27.1 Å². The molecule has 3 aromatic carbocycles. The van der Waals surface area contributed by atoms with E-state index in [0.717, 1.165) is 33.1 Å². The average molecular weight is 567 g/mol. The normalized spacial score (nSPS) is 33.2. The summed E-state index contributed by atoms with van der Waals surface area (Å²) in [6.45, 7) is 9.08. The van der Waals surface area contributed by atoms with Gasteiger partial charge in [-0.3, -0.25) is 4.52 Å². The van der Waals surface area contributed by atoms with Crippen LogP contribution in [0.3, 0.4) is 0 Å². The first kappa shape index (κ1) is 25.7. The van der Waals surface area contributed by atoms with Crippen molar-refractivity contribution in [3.63, 3.8) is 0 Å². The number of hydrogen-bond acceptors (Lipinski definition) is 7. The Hall–Kier alpha value is -2.21. The first-order valence-electron chi connectivity index (χ1n) is 13.2. The summed E-state index contributed by atoms with van der Waals surface area (Å²) in [7, 11) is -2.72. The molecule has 9 heteroatoms. The molecular weight excluding hydrogens is 534 g/mol. The topological polar surface area (TPSA) is 72.4 Å². The Bertz CT molecular complexity index is 1500. The third-order valence-corrected chi connectivity index (χ3v) is 11.3. The molecule has 1 aromatic heterocycles. The Morgan fingerprint density at radius 1 is 0.615 bits per heavy atom. The lowest BCUT2D eigenvalue weighted by Crippen LogP contribution is -2.71. The summed E-state index contributed by atoms with van der Waals surface area (Å²) >= 11 is 0. The zero-order valence-corrected chi connectivity index (χ0v) is 24.3. The first-order chi connectivity index (χ1) is 18.7. The molecule has 0 aliphatic carbocycles. The summed E-state index contributed by atoms with van der Waals surface area (Å²) in [5, 5.41) is 1.10. The summed E-state index contributed by atoms with van der Waals surface area (Å²) in [6.07, 6.45) is 1.28. The van der Waals surface area contributed by atoms with Crippen molar-refractivity contribution >= 4 is 38.3 Å². The quantitative estimate of drug-likeness (QED) is 0.217. The number of fused-ring (bicyclic) bond motifs is 3. The monoisotopic (exact) mass is 566 g/mol. The van der Waals surface area contributed by atoms with Crippen molar-refractivity contribution in [1.29, 1.82) is 0 Å². The zero-order chi connectivity index (χ0) is 26.9. The second-order valence-corrected chi connectivity index (χ2v) is 15.1. The lowest BCUT2D eigenvalue weighted by atomic mass is 9.98. The van der Waals surface area contributed by atoms with Gasteiger partial charge in [0.05, 0.1) is 21.4 Å². The Labute approximate surface area is 229 Å². The summed E-state index contributed by atoms with van der Waals surface area (Å²) in [5.74, 6) is -1.30. The van der Waals surface area contributed by atoms with E-state index in [1.54, 1.807) is 0 Å². The van der Waals surface area contributed by atoms with E-state index < -0.39 is 38.6 Å². The molecule has 8 rings (SSSR count). The number of hydrogen-bond donors (Lipinski definition) is 0. The van der Waals surface area contributed by atoms with Gasteiger partial charge in [-0.2, -0.15) is 0 Å². The van der Waals surface area contributed by atoms with E-state index in [2.05, 4.69) is 26.0 Å². The van der Waals surface area contributed by atoms with Crippen LogP contribution in [0.2, 0.25) is 0 Å². The highest BCUT2D eigenvalue weighted by Crippen LogP contribution is 2.76. The standard InChI is InChI=1S/C30H32O7P2/c1-27-19-29(3)37-28(2,35-27)20-30(4,36-27)38(29)31-17-21-11-5-6-12-22(21)18-32-39-33-25-15-9-7-13-23(25)24-14-8-10-16-26(24)34-39/h5-16H,17-20H2,1-4H3. The molecule has 4 saturated heterocycles. The fourth-order valence-corrected chi connectivity index (χ4v) is 11.0. The van der Waals surface area contributed by atoms with Crippen LogP contribution < -0.4 is 4.52 Å². The molecule has 4 aliphatic heterocycles. The summed E-state index contributed by atoms with van der Waals surface area (Å²) in [5.41, 5.74) is 3.59. The van der Waals surface area contributed by atoms with Crippen LogP contribution in [-0.2, 0) is 31.9 Å². The van der Waals surface area contributed by atoms with Crippen LogP contribution in [0.15, 0.2) is 81.2 Å². The second kappa shape index (κ2) is 9.15. The van der Waals surface area contributed by atoms with Crippen molar-refractivity contribution in [1.82, 2.24) is 0 Å². The van der Waals surface area contributed by atoms with E-state index in [4.69, 9.17) is 31.7 Å². The molecule has 39 heavy (non-hydrogen) atoms. The molecule has 0 amide bonds. The molecular formula is C30H32O7P2. The van der Waals surface area contributed by atoms with Crippen LogP contribution in [0.4, 0.5) is 0 Å². The van der Waals surface area contributed by atoms with Gasteiger partial charge >= 0.3 is 8.24 Å². The first-order valence-corrected chi connectivity index (χ1v) is 15.6. The molecule has 4 aliphatic rings. The fourth-order valence-electron chi connectivity index (χ4n) is 6.70. The van der Waals surface area contributed by atoms with Gasteiger partial charge in [-0.05, 0) is 51.0 Å². The van der Waals surface area contributed by atoms with E-state index >= 15 is 0 Å². The highest BCUT2D eigenvalue weighted by molar-refractivity contribution is 7.55. The van der Waals surface area contributed by atoms with Gasteiger partial charge in [0.15, 0.2) is 11.6 Å². The van der Waals surface area contributed by atoms with Crippen LogP contribution in [0.25, 0.3) is 21.9 Å². The zero-order valence-electron chi connectivity index (χ0n) is 22.5. The number of ether oxygens (including phenoxy) is 3. The van der Waals surface area contributed by atoms with Crippen LogP contribution in [0, 0.1) is 0 Å². The maximum atomic E-state index is 6.69. The van der Waals surface area contributed by atoms with Crippen molar-refractivity contribution in [2.24, 2.45) is 0 Å². The molecule has 204 valence electrons. The lowest BCUT2D eigenvalue weighted by Gasteiger charge is -2.68. The maximum Gasteiger partial charge on any atom is 0.387 e. The third-order valence-electron chi connectivity index (χ3n) is 7.66. The Morgan fingerprint density at radius 3 is 1.62 bits per heavy atom. The SMILES string of the molecule is CC12CC3(C)OC(C)(CC(C)(O1)P3OCc1ccccc1COp1oc3ccccc3c3ccccc3o1)O2. The van der Waals surface area contributed by atoms with E-state index in [9.17, 15) is 0 Å². The average Bonchev–Trinajstić information content (AvgIpc) is 3.01. The minimum Gasteiger partial charge on any atom is -0.399 e. The fraction of sp³-hybridized carbons (Fsp3) is 0.400. The van der Waals surface area contributed by atoms with Gasteiger partial charge in [0.25, 0.3) is 0 Å². The Balaban J connectivity index is 1.13. The minimum atomic E-state index is -1.66. The van der Waals surface area contributed by atoms with Crippen molar-refractivity contribution in [2.75, 3.05) is 0 Å². The van der Waals surface area contributed by atoms with Crippen LogP contribution in [0.5, 0.6) is 0 Å². The number of rotatable bonds is 6. The van der Waals surface area contributed by atoms with Crippen molar-refractivity contribution in [2.45, 2.75) is 76.0 Å². The molecule has 4 aromatic rings. The lowest BCUT2D eigenvalue weighted by molar-refractivity contribution is -0.470. The molecule has 7 nitrogen and oxygen atoms in total. The number of benzene rings is 3. The molecule has 0 spiro atoms. The van der Waals surface area contributed by atoms with Gasteiger partial charge in [0, 0.05) is 23.6 Å². The summed E-state index contributed by atoms with van der Waals surface area (Å²) in [6, 6.07) is 24.1. The molecule has 0 saturated carbocycles. The van der Waals surface area contributed by atoms with E-state index in [0.29, 0.717) is 26.1 Å². The molecule has 4 fully saturated rings. The molecule has 4 atom stereocenters. The molecule has 4 unspecified atom stereocenters. The van der Waals surface area contributed by atoms with Crippen molar-refractivity contribution in [3.8, 4) is 0 Å².